The molecule has 3 aromatic rings. The van der Waals surface area contributed by atoms with Gasteiger partial charge < -0.3 is 5.32 Å². The third-order valence-corrected chi connectivity index (χ3v) is 4.68. The molecule has 7 heteroatoms. The van der Waals surface area contributed by atoms with Crippen molar-refractivity contribution >= 4 is 5.91 Å². The number of amides is 1. The van der Waals surface area contributed by atoms with E-state index >= 15 is 0 Å². The van der Waals surface area contributed by atoms with Crippen LogP contribution < -0.4 is 5.32 Å². The molecule has 3 heterocycles. The number of aromatic nitrogens is 5. The van der Waals surface area contributed by atoms with Gasteiger partial charge in [0.05, 0.1) is 17.3 Å². The van der Waals surface area contributed by atoms with Crippen LogP contribution in [-0.2, 0) is 6.54 Å². The summed E-state index contributed by atoms with van der Waals surface area (Å²) in [6.07, 6.45) is 5.20. The molecule has 0 fully saturated rings. The average Bonchev–Trinajstić information content (AvgIpc) is 2.95. The van der Waals surface area contributed by atoms with E-state index in [1.165, 1.54) is 0 Å². The van der Waals surface area contributed by atoms with Crippen LogP contribution in [0.3, 0.4) is 0 Å². The van der Waals surface area contributed by atoms with Gasteiger partial charge in [0.15, 0.2) is 5.82 Å². The number of hydrogen-bond donors (Lipinski definition) is 1. The molecule has 1 N–H and O–H groups in total. The van der Waals surface area contributed by atoms with Gasteiger partial charge in [0.25, 0.3) is 5.91 Å². The minimum absolute atomic E-state index is 0.130. The van der Waals surface area contributed by atoms with Gasteiger partial charge in [-0.1, -0.05) is 0 Å². The summed E-state index contributed by atoms with van der Waals surface area (Å²) in [6, 6.07) is 3.53. The zero-order valence-corrected chi connectivity index (χ0v) is 16.3. The minimum atomic E-state index is -0.215. The summed E-state index contributed by atoms with van der Waals surface area (Å²) < 4.78 is 1.84. The van der Waals surface area contributed by atoms with Gasteiger partial charge in [0, 0.05) is 47.7 Å². The number of hydrogen-bond acceptors (Lipinski definition) is 5. The first-order valence-corrected chi connectivity index (χ1v) is 9.01. The van der Waals surface area contributed by atoms with E-state index < -0.39 is 0 Å². The lowest BCUT2D eigenvalue weighted by Gasteiger charge is -2.16. The largest absolute Gasteiger partial charge is 0.345 e. The van der Waals surface area contributed by atoms with Crippen LogP contribution >= 0.6 is 0 Å². The Morgan fingerprint density at radius 1 is 1.19 bits per heavy atom. The van der Waals surface area contributed by atoms with Crippen molar-refractivity contribution in [3.05, 3.63) is 58.9 Å². The molecule has 1 amide bonds. The highest BCUT2D eigenvalue weighted by Crippen LogP contribution is 2.21. The van der Waals surface area contributed by atoms with E-state index in [0.717, 1.165) is 34.8 Å². The molecule has 0 spiro atoms. The zero-order chi connectivity index (χ0) is 19.6. The predicted octanol–water partition coefficient (Wildman–Crippen LogP) is 3.17. The third-order valence-electron chi connectivity index (χ3n) is 4.68. The van der Waals surface area contributed by atoms with Gasteiger partial charge in [0.2, 0.25) is 0 Å². The summed E-state index contributed by atoms with van der Waals surface area (Å²) in [5, 5.41) is 7.47. The molecule has 27 heavy (non-hydrogen) atoms. The van der Waals surface area contributed by atoms with Crippen LogP contribution in [-0.4, -0.2) is 30.6 Å². The molecule has 0 aliphatic carbocycles. The van der Waals surface area contributed by atoms with Crippen molar-refractivity contribution in [1.82, 2.24) is 30.0 Å². The lowest BCUT2D eigenvalue weighted by Crippen LogP contribution is -2.28. The molecule has 3 aromatic heterocycles. The fraction of sp³-hybridized carbons (Fsp3) is 0.350. The molecule has 1 atom stereocenters. The van der Waals surface area contributed by atoms with Crippen molar-refractivity contribution in [1.29, 1.82) is 0 Å². The van der Waals surface area contributed by atoms with E-state index in [-0.39, 0.29) is 11.9 Å². The Morgan fingerprint density at radius 3 is 2.48 bits per heavy atom. The highest BCUT2D eigenvalue weighted by atomic mass is 16.1. The lowest BCUT2D eigenvalue weighted by molar-refractivity contribution is 0.0938. The summed E-state index contributed by atoms with van der Waals surface area (Å²) in [5.41, 5.74) is 4.88. The Balaban J connectivity index is 1.81. The Kier molecular flexibility index (Phi) is 5.30. The fourth-order valence-corrected chi connectivity index (χ4v) is 3.22. The van der Waals surface area contributed by atoms with Crippen molar-refractivity contribution in [3.8, 4) is 11.4 Å². The van der Waals surface area contributed by atoms with Crippen LogP contribution in [0.1, 0.15) is 52.9 Å². The Morgan fingerprint density at radius 2 is 1.89 bits per heavy atom. The van der Waals surface area contributed by atoms with Crippen molar-refractivity contribution in [2.75, 3.05) is 0 Å². The van der Waals surface area contributed by atoms with Gasteiger partial charge in [-0.3, -0.25) is 14.5 Å². The van der Waals surface area contributed by atoms with Gasteiger partial charge in [-0.2, -0.15) is 5.10 Å². The maximum absolute atomic E-state index is 12.8. The number of aryl methyl sites for hydroxylation is 3. The van der Waals surface area contributed by atoms with Crippen LogP contribution in [0.15, 0.2) is 30.7 Å². The maximum Gasteiger partial charge on any atom is 0.255 e. The topological polar surface area (TPSA) is 85.6 Å². The van der Waals surface area contributed by atoms with Gasteiger partial charge in [-0.05, 0) is 46.8 Å². The van der Waals surface area contributed by atoms with Crippen molar-refractivity contribution in [3.63, 3.8) is 0 Å². The van der Waals surface area contributed by atoms with Gasteiger partial charge in [-0.15, -0.1) is 0 Å². The number of nitrogens with one attached hydrogen (secondary N) is 1. The summed E-state index contributed by atoms with van der Waals surface area (Å²) >= 11 is 0. The third kappa shape index (κ3) is 3.72. The van der Waals surface area contributed by atoms with Crippen LogP contribution in [0.2, 0.25) is 0 Å². The average molecular weight is 364 g/mol. The smallest absolute Gasteiger partial charge is 0.255 e. The zero-order valence-electron chi connectivity index (χ0n) is 16.3. The number of nitrogens with zero attached hydrogens (tertiary/aromatic N) is 5. The molecule has 7 nitrogen and oxygen atoms in total. The van der Waals surface area contributed by atoms with E-state index in [9.17, 15) is 4.79 Å². The van der Waals surface area contributed by atoms with Crippen LogP contribution in [0.4, 0.5) is 0 Å². The number of pyridine rings is 1. The first-order chi connectivity index (χ1) is 12.9. The molecule has 0 saturated carbocycles. The van der Waals surface area contributed by atoms with Crippen LogP contribution in [0.5, 0.6) is 0 Å². The van der Waals surface area contributed by atoms with Crippen LogP contribution in [0, 0.1) is 20.8 Å². The lowest BCUT2D eigenvalue weighted by atomic mass is 10.1. The highest BCUT2D eigenvalue weighted by molar-refractivity contribution is 5.96. The summed E-state index contributed by atoms with van der Waals surface area (Å²) in [6.45, 7) is 10.4. The molecule has 140 valence electrons. The second-order valence-corrected chi connectivity index (χ2v) is 6.53. The molecule has 0 saturated heterocycles. The molecular weight excluding hydrogens is 340 g/mol. The first-order valence-electron chi connectivity index (χ1n) is 9.01. The quantitative estimate of drug-likeness (QED) is 0.751. The van der Waals surface area contributed by atoms with Gasteiger partial charge in [0.1, 0.15) is 0 Å². The summed E-state index contributed by atoms with van der Waals surface area (Å²) in [4.78, 5) is 25.8. The second kappa shape index (κ2) is 7.65. The normalized spacial score (nSPS) is 12.0. The van der Waals surface area contributed by atoms with Gasteiger partial charge >= 0.3 is 0 Å². The van der Waals surface area contributed by atoms with E-state index in [4.69, 9.17) is 0 Å². The minimum Gasteiger partial charge on any atom is -0.345 e. The molecule has 0 unspecified atom stereocenters. The summed E-state index contributed by atoms with van der Waals surface area (Å²) in [7, 11) is 0. The molecule has 0 aliphatic heterocycles. The number of carbonyl (C=O) groups excluding carboxylic acids is 1. The SMILES string of the molecule is CCn1nc(C)c(C(=O)N[C@@H](C)c2cnc(-c3ccncc3)nc2C)c1C. The molecular formula is C20H24N6O. The molecule has 0 radical (unpaired) electrons. The molecule has 0 aliphatic rings. The summed E-state index contributed by atoms with van der Waals surface area (Å²) in [5.74, 6) is 0.517. The predicted molar refractivity (Wildman–Crippen MR) is 103 cm³/mol. The Hall–Kier alpha value is -3.09. The molecule has 0 bridgehead atoms. The van der Waals surface area contributed by atoms with E-state index in [1.807, 2.05) is 51.4 Å². The maximum atomic E-state index is 12.8. The van der Waals surface area contributed by atoms with Crippen molar-refractivity contribution in [2.24, 2.45) is 0 Å². The fourth-order valence-electron chi connectivity index (χ4n) is 3.22. The van der Waals surface area contributed by atoms with Gasteiger partial charge in [-0.25, -0.2) is 9.97 Å². The monoisotopic (exact) mass is 364 g/mol. The Bertz CT molecular complexity index is 964. The Labute approximate surface area is 158 Å². The van der Waals surface area contributed by atoms with E-state index in [1.54, 1.807) is 18.6 Å². The van der Waals surface area contributed by atoms with E-state index in [2.05, 4.69) is 25.4 Å². The molecule has 3 rings (SSSR count). The van der Waals surface area contributed by atoms with Crippen molar-refractivity contribution < 1.29 is 4.79 Å². The molecule has 0 aromatic carbocycles. The number of rotatable bonds is 5. The number of carbonyl (C=O) groups is 1. The van der Waals surface area contributed by atoms with E-state index in [0.29, 0.717) is 11.4 Å². The second-order valence-electron chi connectivity index (χ2n) is 6.53. The highest BCUT2D eigenvalue weighted by Gasteiger charge is 2.21. The first kappa shape index (κ1) is 18.7. The standard InChI is InChI=1S/C20H24N6O/c1-6-26-15(5)18(14(4)25-26)20(27)24-13(3)17-11-22-19(23-12(17)2)16-7-9-21-10-8-16/h7-11,13H,6H2,1-5H3,(H,24,27)/t13-/m0/s1. The van der Waals surface area contributed by atoms with Crippen LogP contribution in [0.25, 0.3) is 11.4 Å². The van der Waals surface area contributed by atoms with Crippen molar-refractivity contribution in [2.45, 2.75) is 47.2 Å².